The van der Waals surface area contributed by atoms with Gasteiger partial charge in [0.25, 0.3) is 5.91 Å². The molecule has 1 aromatic heterocycles. The molecule has 0 bridgehead atoms. The van der Waals surface area contributed by atoms with Crippen molar-refractivity contribution in [2.24, 2.45) is 5.73 Å². The van der Waals surface area contributed by atoms with E-state index in [9.17, 15) is 14.7 Å². The van der Waals surface area contributed by atoms with Crippen LogP contribution in [0.3, 0.4) is 0 Å². The molecule has 0 unspecified atom stereocenters. The minimum absolute atomic E-state index is 0.195. The third-order valence-electron chi connectivity index (χ3n) is 3.91. The van der Waals surface area contributed by atoms with Gasteiger partial charge in [0, 0.05) is 11.8 Å². The van der Waals surface area contributed by atoms with Crippen molar-refractivity contribution in [2.45, 2.75) is 12.3 Å². The van der Waals surface area contributed by atoms with E-state index < -0.39 is 17.8 Å². The molecule has 0 aliphatic rings. The molecule has 0 spiro atoms. The van der Waals surface area contributed by atoms with Gasteiger partial charge in [-0.2, -0.15) is 0 Å². The fourth-order valence-electron chi connectivity index (χ4n) is 2.73. The molecule has 0 radical (unpaired) electrons. The molecular weight excluding hydrogens is 306 g/mol. The number of hydrogen-bond donors (Lipinski definition) is 2. The number of rotatable bonds is 5. The van der Waals surface area contributed by atoms with E-state index in [4.69, 9.17) is 5.73 Å². The molecule has 0 fully saturated rings. The van der Waals surface area contributed by atoms with Gasteiger partial charge in [0.15, 0.2) is 0 Å². The van der Waals surface area contributed by atoms with Gasteiger partial charge >= 0.3 is 5.97 Å². The molecule has 3 rings (SSSR count). The van der Waals surface area contributed by atoms with E-state index in [1.54, 1.807) is 42.5 Å². The molecule has 3 N–H and O–H groups in total. The molecule has 24 heavy (non-hydrogen) atoms. The van der Waals surface area contributed by atoms with Crippen molar-refractivity contribution in [1.82, 2.24) is 9.97 Å². The zero-order chi connectivity index (χ0) is 17.1. The van der Waals surface area contributed by atoms with Gasteiger partial charge in [0.2, 0.25) is 0 Å². The second-order valence-corrected chi connectivity index (χ2v) is 5.39. The summed E-state index contributed by atoms with van der Waals surface area (Å²) in [7, 11) is 0. The Bertz CT molecular complexity index is 910. The number of fused-ring (bicyclic) bond motifs is 1. The highest BCUT2D eigenvalue weighted by Crippen LogP contribution is 2.25. The zero-order valence-corrected chi connectivity index (χ0v) is 12.7. The third kappa shape index (κ3) is 2.94. The number of carboxylic acids is 1. The van der Waals surface area contributed by atoms with Gasteiger partial charge in [-0.3, -0.25) is 9.59 Å². The lowest BCUT2D eigenvalue weighted by molar-refractivity contribution is -0.138. The van der Waals surface area contributed by atoms with Gasteiger partial charge in [0.1, 0.15) is 6.33 Å². The molecule has 1 amide bonds. The van der Waals surface area contributed by atoms with Gasteiger partial charge < -0.3 is 10.8 Å². The Kier molecular flexibility index (Phi) is 4.20. The Morgan fingerprint density at radius 3 is 2.46 bits per heavy atom. The molecule has 0 saturated carbocycles. The molecule has 2 aromatic carbocycles. The Labute approximate surface area is 138 Å². The fourth-order valence-corrected chi connectivity index (χ4v) is 2.73. The van der Waals surface area contributed by atoms with E-state index >= 15 is 0 Å². The average molecular weight is 321 g/mol. The van der Waals surface area contributed by atoms with E-state index in [0.717, 1.165) is 0 Å². The summed E-state index contributed by atoms with van der Waals surface area (Å²) in [5.74, 6) is -2.25. The van der Waals surface area contributed by atoms with Gasteiger partial charge in [-0.05, 0) is 11.6 Å². The Morgan fingerprint density at radius 1 is 1.04 bits per heavy atom. The van der Waals surface area contributed by atoms with Crippen LogP contribution in [-0.2, 0) is 11.2 Å². The summed E-state index contributed by atoms with van der Waals surface area (Å²) in [5, 5.41) is 10.2. The predicted molar refractivity (Wildman–Crippen MR) is 88.6 cm³/mol. The molecule has 0 saturated heterocycles. The van der Waals surface area contributed by atoms with Crippen molar-refractivity contribution in [1.29, 1.82) is 0 Å². The van der Waals surface area contributed by atoms with Crippen LogP contribution in [0.25, 0.3) is 10.9 Å². The lowest BCUT2D eigenvalue weighted by atomic mass is 9.92. The molecule has 6 heteroatoms. The second kappa shape index (κ2) is 6.45. The summed E-state index contributed by atoms with van der Waals surface area (Å²) in [6.45, 7) is 0. The Balaban J connectivity index is 2.08. The minimum Gasteiger partial charge on any atom is -0.481 e. The maximum Gasteiger partial charge on any atom is 0.311 e. The number of carbonyl (C=O) groups excluding carboxylic acids is 1. The van der Waals surface area contributed by atoms with Crippen LogP contribution >= 0.6 is 0 Å². The quantitative estimate of drug-likeness (QED) is 0.749. The highest BCUT2D eigenvalue weighted by atomic mass is 16.4. The molecule has 0 aliphatic carbocycles. The van der Waals surface area contributed by atoms with E-state index in [1.807, 2.05) is 6.07 Å². The molecular formula is C18H15N3O3. The molecule has 1 heterocycles. The first-order valence-corrected chi connectivity index (χ1v) is 7.38. The van der Waals surface area contributed by atoms with Crippen LogP contribution in [0.4, 0.5) is 0 Å². The predicted octanol–water partition coefficient (Wildman–Crippen LogP) is 2.14. The van der Waals surface area contributed by atoms with Crippen molar-refractivity contribution in [3.8, 4) is 0 Å². The Morgan fingerprint density at radius 2 is 1.79 bits per heavy atom. The summed E-state index contributed by atoms with van der Waals surface area (Å²) in [6.07, 6.45) is 1.52. The summed E-state index contributed by atoms with van der Waals surface area (Å²) >= 11 is 0. The molecule has 0 aliphatic heterocycles. The first-order valence-electron chi connectivity index (χ1n) is 7.38. The molecule has 120 valence electrons. The number of aromatic nitrogens is 2. The smallest absolute Gasteiger partial charge is 0.311 e. The summed E-state index contributed by atoms with van der Waals surface area (Å²) < 4.78 is 0. The number of aliphatic carboxylic acids is 1. The number of nitrogens with two attached hydrogens (primary N) is 1. The van der Waals surface area contributed by atoms with Gasteiger partial charge in [-0.15, -0.1) is 0 Å². The van der Waals surface area contributed by atoms with E-state index in [0.29, 0.717) is 27.7 Å². The number of para-hydroxylation sites is 1. The normalized spacial score (nSPS) is 12.0. The summed E-state index contributed by atoms with van der Waals surface area (Å²) in [4.78, 5) is 31.6. The minimum atomic E-state index is -0.931. The first kappa shape index (κ1) is 15.6. The number of amides is 1. The molecule has 1 atom stereocenters. The maximum atomic E-state index is 11.7. The highest BCUT2D eigenvalue weighted by molar-refractivity contribution is 6.05. The van der Waals surface area contributed by atoms with Crippen LogP contribution in [0, 0.1) is 0 Å². The number of primary amides is 1. The van der Waals surface area contributed by atoms with Crippen molar-refractivity contribution >= 4 is 22.8 Å². The van der Waals surface area contributed by atoms with Crippen molar-refractivity contribution < 1.29 is 14.7 Å². The maximum absolute atomic E-state index is 11.7. The number of carbonyl (C=O) groups is 2. The summed E-state index contributed by atoms with van der Waals surface area (Å²) in [5.41, 5.74) is 7.37. The number of hydrogen-bond acceptors (Lipinski definition) is 4. The van der Waals surface area contributed by atoms with Crippen LogP contribution in [0.2, 0.25) is 0 Å². The van der Waals surface area contributed by atoms with E-state index in [2.05, 4.69) is 9.97 Å². The van der Waals surface area contributed by atoms with Gasteiger partial charge in [-0.25, -0.2) is 9.97 Å². The number of nitrogens with zero attached hydrogens (tertiary/aromatic N) is 2. The van der Waals surface area contributed by atoms with Crippen molar-refractivity contribution in [3.05, 3.63) is 71.7 Å². The van der Waals surface area contributed by atoms with Gasteiger partial charge in [0.05, 0.1) is 22.7 Å². The largest absolute Gasteiger partial charge is 0.481 e. The van der Waals surface area contributed by atoms with Gasteiger partial charge in [-0.1, -0.05) is 42.5 Å². The Hall–Kier alpha value is -3.28. The van der Waals surface area contributed by atoms with E-state index in [-0.39, 0.29) is 6.42 Å². The second-order valence-electron chi connectivity index (χ2n) is 5.39. The SMILES string of the molecule is NC(=O)c1cccc2c(C[C@H](C(=O)O)c3ccccc3)ncnc12. The van der Waals surface area contributed by atoms with E-state index in [1.165, 1.54) is 6.33 Å². The zero-order valence-electron chi connectivity index (χ0n) is 12.7. The monoisotopic (exact) mass is 321 g/mol. The number of carboxylic acid groups (broad SMARTS) is 1. The van der Waals surface area contributed by atoms with Crippen LogP contribution in [0.5, 0.6) is 0 Å². The topological polar surface area (TPSA) is 106 Å². The van der Waals surface area contributed by atoms with Crippen LogP contribution in [0.1, 0.15) is 27.5 Å². The molecule has 6 nitrogen and oxygen atoms in total. The average Bonchev–Trinajstić information content (AvgIpc) is 2.59. The van der Waals surface area contributed by atoms with Crippen LogP contribution in [-0.4, -0.2) is 27.0 Å². The number of benzene rings is 2. The fraction of sp³-hybridized carbons (Fsp3) is 0.111. The highest BCUT2D eigenvalue weighted by Gasteiger charge is 2.22. The lowest BCUT2D eigenvalue weighted by Gasteiger charge is -2.14. The first-order chi connectivity index (χ1) is 11.6. The summed E-state index contributed by atoms with van der Waals surface area (Å²) in [6, 6.07) is 14.0. The van der Waals surface area contributed by atoms with Crippen molar-refractivity contribution in [2.75, 3.05) is 0 Å². The third-order valence-corrected chi connectivity index (χ3v) is 3.91. The molecule has 3 aromatic rings. The van der Waals surface area contributed by atoms with Crippen LogP contribution < -0.4 is 5.73 Å². The van der Waals surface area contributed by atoms with Crippen molar-refractivity contribution in [3.63, 3.8) is 0 Å². The van der Waals surface area contributed by atoms with Crippen LogP contribution in [0.15, 0.2) is 54.9 Å². The standard InChI is InChI=1S/C18H15N3O3/c19-17(22)13-8-4-7-12-15(20-10-21-16(12)13)9-14(18(23)24)11-5-2-1-3-6-11/h1-8,10,14H,9H2,(H2,19,22)(H,23,24)/t14-/m0/s1. The lowest BCUT2D eigenvalue weighted by Crippen LogP contribution is -2.16.